The van der Waals surface area contributed by atoms with Gasteiger partial charge in [-0.15, -0.1) is 34.0 Å². The summed E-state index contributed by atoms with van der Waals surface area (Å²) in [6, 6.07) is 7.06. The van der Waals surface area contributed by atoms with Crippen LogP contribution >= 0.6 is 49.9 Å². The van der Waals surface area contributed by atoms with Crippen molar-refractivity contribution >= 4 is 59.3 Å². The SMILES string of the molecule is CCNC(c1cc2sccc2s1)c1sc(C)cc1Br. The van der Waals surface area contributed by atoms with E-state index >= 15 is 0 Å². The van der Waals surface area contributed by atoms with Crippen molar-refractivity contribution in [3.8, 4) is 0 Å². The minimum Gasteiger partial charge on any atom is -0.305 e. The third kappa shape index (κ3) is 2.67. The van der Waals surface area contributed by atoms with Crippen molar-refractivity contribution < 1.29 is 0 Å². The third-order valence-corrected chi connectivity index (χ3v) is 7.14. The molecule has 19 heavy (non-hydrogen) atoms. The van der Waals surface area contributed by atoms with E-state index in [0.29, 0.717) is 6.04 Å². The Labute approximate surface area is 133 Å². The van der Waals surface area contributed by atoms with Gasteiger partial charge in [-0.2, -0.15) is 0 Å². The maximum Gasteiger partial charge on any atom is 0.0777 e. The molecule has 100 valence electrons. The lowest BCUT2D eigenvalue weighted by molar-refractivity contribution is 0.647. The maximum absolute atomic E-state index is 3.70. The van der Waals surface area contributed by atoms with E-state index in [2.05, 4.69) is 58.7 Å². The fraction of sp³-hybridized carbons (Fsp3) is 0.286. The highest BCUT2D eigenvalue weighted by Crippen LogP contribution is 2.40. The largest absolute Gasteiger partial charge is 0.305 e. The van der Waals surface area contributed by atoms with Crippen LogP contribution in [-0.2, 0) is 0 Å². The predicted molar refractivity (Wildman–Crippen MR) is 92.0 cm³/mol. The number of aryl methyl sites for hydroxylation is 1. The lowest BCUT2D eigenvalue weighted by Crippen LogP contribution is -2.20. The molecule has 0 aliphatic rings. The van der Waals surface area contributed by atoms with Gasteiger partial charge in [-0.25, -0.2) is 0 Å². The summed E-state index contributed by atoms with van der Waals surface area (Å²) < 4.78 is 4.01. The zero-order valence-electron chi connectivity index (χ0n) is 10.7. The standard InChI is InChI=1S/C14H14BrNS3/c1-3-16-13(14-9(15)6-8(2)18-14)12-7-11-10(19-12)4-5-17-11/h4-7,13,16H,3H2,1-2H3. The molecule has 0 aromatic carbocycles. The van der Waals surface area contributed by atoms with Gasteiger partial charge in [0, 0.05) is 28.5 Å². The molecule has 0 radical (unpaired) electrons. The molecule has 3 rings (SSSR count). The number of hydrogen-bond donors (Lipinski definition) is 1. The molecule has 0 bridgehead atoms. The molecule has 1 atom stereocenters. The van der Waals surface area contributed by atoms with Crippen molar-refractivity contribution in [1.82, 2.24) is 5.32 Å². The molecule has 0 spiro atoms. The van der Waals surface area contributed by atoms with Crippen molar-refractivity contribution in [3.63, 3.8) is 0 Å². The molecule has 1 N–H and O–H groups in total. The van der Waals surface area contributed by atoms with Crippen LogP contribution in [0.4, 0.5) is 0 Å². The maximum atomic E-state index is 3.70. The molecule has 0 amide bonds. The quantitative estimate of drug-likeness (QED) is 0.611. The number of rotatable bonds is 4. The van der Waals surface area contributed by atoms with E-state index in [1.807, 2.05) is 34.0 Å². The topological polar surface area (TPSA) is 12.0 Å². The van der Waals surface area contributed by atoms with Crippen molar-refractivity contribution in [1.29, 1.82) is 0 Å². The normalized spacial score (nSPS) is 13.2. The Hall–Kier alpha value is -0.200. The number of thiophene rings is 3. The van der Waals surface area contributed by atoms with E-state index in [-0.39, 0.29) is 0 Å². The van der Waals surface area contributed by atoms with Gasteiger partial charge in [0.2, 0.25) is 0 Å². The van der Waals surface area contributed by atoms with E-state index in [4.69, 9.17) is 0 Å². The van der Waals surface area contributed by atoms with Crippen LogP contribution in [0.2, 0.25) is 0 Å². The van der Waals surface area contributed by atoms with Crippen LogP contribution < -0.4 is 5.32 Å². The molecule has 0 aliphatic carbocycles. The van der Waals surface area contributed by atoms with Gasteiger partial charge in [0.25, 0.3) is 0 Å². The Kier molecular flexibility index (Phi) is 4.10. The monoisotopic (exact) mass is 371 g/mol. The molecule has 5 heteroatoms. The average Bonchev–Trinajstić information content (AvgIpc) is 3.00. The first-order valence-corrected chi connectivity index (χ1v) is 9.45. The summed E-state index contributed by atoms with van der Waals surface area (Å²) in [5, 5.41) is 5.78. The van der Waals surface area contributed by atoms with Gasteiger partial charge in [0.15, 0.2) is 0 Å². The number of hydrogen-bond acceptors (Lipinski definition) is 4. The Morgan fingerprint density at radius 3 is 2.74 bits per heavy atom. The summed E-state index contributed by atoms with van der Waals surface area (Å²) in [6.45, 7) is 5.30. The molecule has 1 unspecified atom stereocenters. The van der Waals surface area contributed by atoms with Crippen molar-refractivity contribution in [2.24, 2.45) is 0 Å². The highest BCUT2D eigenvalue weighted by atomic mass is 79.9. The Bertz CT molecular complexity index is 666. The molecule has 0 aliphatic heterocycles. The first-order chi connectivity index (χ1) is 9.19. The van der Waals surface area contributed by atoms with Crippen LogP contribution in [0.3, 0.4) is 0 Å². The van der Waals surface area contributed by atoms with Crippen molar-refractivity contribution in [3.05, 3.63) is 42.7 Å². The Balaban J connectivity index is 2.05. The zero-order valence-corrected chi connectivity index (χ0v) is 14.7. The van der Waals surface area contributed by atoms with Gasteiger partial charge in [0.1, 0.15) is 0 Å². The lowest BCUT2D eigenvalue weighted by Gasteiger charge is -2.15. The molecule has 3 heterocycles. The fourth-order valence-electron chi connectivity index (χ4n) is 2.15. The summed E-state index contributed by atoms with van der Waals surface area (Å²) >= 11 is 9.29. The summed E-state index contributed by atoms with van der Waals surface area (Å²) in [6.07, 6.45) is 0. The van der Waals surface area contributed by atoms with E-state index in [1.165, 1.54) is 28.5 Å². The smallest absolute Gasteiger partial charge is 0.0777 e. The van der Waals surface area contributed by atoms with Crippen LogP contribution in [0.25, 0.3) is 9.40 Å². The van der Waals surface area contributed by atoms with Crippen LogP contribution in [0.15, 0.2) is 28.1 Å². The third-order valence-electron chi connectivity index (χ3n) is 2.95. The first kappa shape index (κ1) is 13.8. The minimum absolute atomic E-state index is 0.308. The Morgan fingerprint density at radius 2 is 2.11 bits per heavy atom. The van der Waals surface area contributed by atoms with Gasteiger partial charge in [-0.3, -0.25) is 0 Å². The van der Waals surface area contributed by atoms with E-state index in [9.17, 15) is 0 Å². The van der Waals surface area contributed by atoms with Gasteiger partial charge in [0.05, 0.1) is 6.04 Å². The van der Waals surface area contributed by atoms with E-state index in [1.54, 1.807) is 0 Å². The zero-order chi connectivity index (χ0) is 13.4. The van der Waals surface area contributed by atoms with Gasteiger partial charge < -0.3 is 5.32 Å². The van der Waals surface area contributed by atoms with Crippen LogP contribution in [0.5, 0.6) is 0 Å². The lowest BCUT2D eigenvalue weighted by atomic mass is 10.2. The molecular weight excluding hydrogens is 358 g/mol. The second-order valence-corrected chi connectivity index (χ2v) is 8.56. The first-order valence-electron chi connectivity index (χ1n) is 6.15. The Morgan fingerprint density at radius 1 is 1.26 bits per heavy atom. The van der Waals surface area contributed by atoms with Gasteiger partial charge >= 0.3 is 0 Å². The second kappa shape index (κ2) is 5.66. The number of fused-ring (bicyclic) bond motifs is 1. The molecule has 3 aromatic heterocycles. The second-order valence-electron chi connectivity index (χ2n) is 4.36. The highest BCUT2D eigenvalue weighted by Gasteiger charge is 2.20. The molecule has 1 nitrogen and oxygen atoms in total. The summed E-state index contributed by atoms with van der Waals surface area (Å²) in [5.41, 5.74) is 0. The van der Waals surface area contributed by atoms with Gasteiger partial charge in [-0.05, 0) is 53.0 Å². The predicted octanol–water partition coefficient (Wildman–Crippen LogP) is 5.79. The van der Waals surface area contributed by atoms with Crippen LogP contribution in [-0.4, -0.2) is 6.54 Å². The molecule has 0 saturated heterocycles. The summed E-state index contributed by atoms with van der Waals surface area (Å²) in [7, 11) is 0. The molecule has 3 aromatic rings. The fourth-order valence-corrected chi connectivity index (χ4v) is 6.41. The summed E-state index contributed by atoms with van der Waals surface area (Å²) in [5.74, 6) is 0. The van der Waals surface area contributed by atoms with Gasteiger partial charge in [-0.1, -0.05) is 6.92 Å². The van der Waals surface area contributed by atoms with E-state index in [0.717, 1.165) is 6.54 Å². The molecular formula is C14H14BrNS3. The summed E-state index contributed by atoms with van der Waals surface area (Å²) in [4.78, 5) is 4.14. The molecule has 0 saturated carbocycles. The number of halogens is 1. The molecule has 0 fully saturated rings. The van der Waals surface area contributed by atoms with Crippen LogP contribution in [0.1, 0.15) is 27.6 Å². The highest BCUT2D eigenvalue weighted by molar-refractivity contribution is 9.10. The van der Waals surface area contributed by atoms with E-state index < -0.39 is 0 Å². The van der Waals surface area contributed by atoms with Crippen LogP contribution in [0, 0.1) is 6.92 Å². The van der Waals surface area contributed by atoms with Crippen molar-refractivity contribution in [2.45, 2.75) is 19.9 Å². The number of nitrogens with one attached hydrogen (secondary N) is 1. The average molecular weight is 372 g/mol. The minimum atomic E-state index is 0.308. The van der Waals surface area contributed by atoms with Crippen molar-refractivity contribution in [2.75, 3.05) is 6.54 Å².